The summed E-state index contributed by atoms with van der Waals surface area (Å²) in [6.07, 6.45) is 4.08. The van der Waals surface area contributed by atoms with E-state index in [1.807, 2.05) is 26.0 Å². The Balaban J connectivity index is 1.73. The second kappa shape index (κ2) is 5.17. The molecule has 17 heavy (non-hydrogen) atoms. The van der Waals surface area contributed by atoms with E-state index in [-0.39, 0.29) is 18.6 Å². The number of nitrogens with one attached hydrogen (secondary N) is 1. The molecule has 1 N–H and O–H groups in total. The van der Waals surface area contributed by atoms with Gasteiger partial charge in [0.15, 0.2) is 6.61 Å². The predicted octanol–water partition coefficient (Wildman–Crippen LogP) is 1.68. The molecule has 0 radical (unpaired) electrons. The van der Waals surface area contributed by atoms with Crippen LogP contribution in [0.2, 0.25) is 0 Å². The summed E-state index contributed by atoms with van der Waals surface area (Å²) in [6, 6.07) is 3.95. The van der Waals surface area contributed by atoms with Crippen LogP contribution in [0.4, 0.5) is 0 Å². The number of ether oxygens (including phenoxy) is 1. The van der Waals surface area contributed by atoms with Gasteiger partial charge in [-0.05, 0) is 44.7 Å². The van der Waals surface area contributed by atoms with Gasteiger partial charge in [0.1, 0.15) is 5.75 Å². The summed E-state index contributed by atoms with van der Waals surface area (Å²) in [7, 11) is 0. The van der Waals surface area contributed by atoms with Gasteiger partial charge >= 0.3 is 0 Å². The normalized spacial score (nSPS) is 16.4. The number of amides is 1. The Labute approximate surface area is 101 Å². The Morgan fingerprint density at radius 3 is 2.94 bits per heavy atom. The molecule has 1 unspecified atom stereocenters. The monoisotopic (exact) mass is 234 g/mol. The Morgan fingerprint density at radius 1 is 1.59 bits per heavy atom. The number of aryl methyl sites for hydroxylation is 1. The second-order valence-electron chi connectivity index (χ2n) is 4.62. The lowest BCUT2D eigenvalue weighted by Crippen LogP contribution is -2.37. The summed E-state index contributed by atoms with van der Waals surface area (Å²) in [6.45, 7) is 4.01. The van der Waals surface area contributed by atoms with Crippen molar-refractivity contribution in [1.29, 1.82) is 0 Å². The Bertz CT molecular complexity index is 385. The number of hydrogen-bond acceptors (Lipinski definition) is 3. The highest BCUT2D eigenvalue weighted by Crippen LogP contribution is 2.32. The maximum absolute atomic E-state index is 11.6. The van der Waals surface area contributed by atoms with Gasteiger partial charge in [-0.2, -0.15) is 0 Å². The van der Waals surface area contributed by atoms with Gasteiger partial charge in [0.05, 0.1) is 6.20 Å². The van der Waals surface area contributed by atoms with Crippen LogP contribution in [0.5, 0.6) is 5.75 Å². The molecule has 1 aliphatic rings. The van der Waals surface area contributed by atoms with Crippen LogP contribution in [-0.2, 0) is 4.79 Å². The summed E-state index contributed by atoms with van der Waals surface area (Å²) < 4.78 is 5.35. The third-order valence-corrected chi connectivity index (χ3v) is 2.97. The molecule has 0 aliphatic heterocycles. The van der Waals surface area contributed by atoms with Gasteiger partial charge in [0.2, 0.25) is 0 Å². The minimum absolute atomic E-state index is 0.0573. The van der Waals surface area contributed by atoms with Crippen molar-refractivity contribution >= 4 is 5.91 Å². The molecule has 0 saturated heterocycles. The van der Waals surface area contributed by atoms with E-state index in [1.165, 1.54) is 12.8 Å². The third kappa shape index (κ3) is 3.73. The quantitative estimate of drug-likeness (QED) is 0.843. The average Bonchev–Trinajstić information content (AvgIpc) is 3.12. The molecule has 0 bridgehead atoms. The number of hydrogen-bond donors (Lipinski definition) is 1. The van der Waals surface area contributed by atoms with E-state index in [4.69, 9.17) is 4.74 Å². The van der Waals surface area contributed by atoms with Crippen molar-refractivity contribution in [2.24, 2.45) is 5.92 Å². The highest BCUT2D eigenvalue weighted by Gasteiger charge is 2.28. The SMILES string of the molecule is Cc1ccc(OCC(=O)NC(C)C2CC2)cn1. The predicted molar refractivity (Wildman–Crippen MR) is 64.8 cm³/mol. The van der Waals surface area contributed by atoms with E-state index in [2.05, 4.69) is 10.3 Å². The highest BCUT2D eigenvalue weighted by atomic mass is 16.5. The standard InChI is InChI=1S/C13H18N2O2/c1-9-3-6-12(7-14-9)17-8-13(16)15-10(2)11-4-5-11/h3,6-7,10-11H,4-5,8H2,1-2H3,(H,15,16). The van der Waals surface area contributed by atoms with Crippen molar-refractivity contribution < 1.29 is 9.53 Å². The molecule has 0 spiro atoms. The fraction of sp³-hybridized carbons (Fsp3) is 0.538. The van der Waals surface area contributed by atoms with Crippen molar-refractivity contribution in [2.45, 2.75) is 32.7 Å². The molecule has 4 heteroatoms. The zero-order valence-corrected chi connectivity index (χ0v) is 10.3. The maximum atomic E-state index is 11.6. The van der Waals surface area contributed by atoms with Gasteiger partial charge in [0, 0.05) is 11.7 Å². The van der Waals surface area contributed by atoms with Crippen LogP contribution in [0.1, 0.15) is 25.5 Å². The van der Waals surface area contributed by atoms with E-state index in [0.29, 0.717) is 11.7 Å². The van der Waals surface area contributed by atoms with E-state index in [1.54, 1.807) is 6.20 Å². The summed E-state index contributed by atoms with van der Waals surface area (Å²) in [5, 5.41) is 2.94. The largest absolute Gasteiger partial charge is 0.482 e. The zero-order valence-electron chi connectivity index (χ0n) is 10.3. The Kier molecular flexibility index (Phi) is 3.61. The van der Waals surface area contributed by atoms with E-state index >= 15 is 0 Å². The number of pyridine rings is 1. The molecule has 1 aliphatic carbocycles. The molecule has 92 valence electrons. The third-order valence-electron chi connectivity index (χ3n) is 2.97. The van der Waals surface area contributed by atoms with Gasteiger partial charge in [-0.25, -0.2) is 0 Å². The average molecular weight is 234 g/mol. The fourth-order valence-corrected chi connectivity index (χ4v) is 1.70. The van der Waals surface area contributed by atoms with Gasteiger partial charge in [-0.15, -0.1) is 0 Å². The van der Waals surface area contributed by atoms with Crippen LogP contribution in [-0.4, -0.2) is 23.5 Å². The van der Waals surface area contributed by atoms with Crippen molar-refractivity contribution in [2.75, 3.05) is 6.61 Å². The molecule has 1 amide bonds. The molecular weight excluding hydrogens is 216 g/mol. The van der Waals surface area contributed by atoms with E-state index < -0.39 is 0 Å². The van der Waals surface area contributed by atoms with Crippen LogP contribution >= 0.6 is 0 Å². The van der Waals surface area contributed by atoms with Gasteiger partial charge < -0.3 is 10.1 Å². The number of carbonyl (C=O) groups is 1. The lowest BCUT2D eigenvalue weighted by Gasteiger charge is -2.13. The second-order valence-corrected chi connectivity index (χ2v) is 4.62. The number of nitrogens with zero attached hydrogens (tertiary/aromatic N) is 1. The molecule has 0 aromatic carbocycles. The van der Waals surface area contributed by atoms with Gasteiger partial charge in [0.25, 0.3) is 5.91 Å². The maximum Gasteiger partial charge on any atom is 0.258 e. The van der Waals surface area contributed by atoms with Crippen LogP contribution in [0.3, 0.4) is 0 Å². The molecule has 1 aromatic rings. The molecule has 4 nitrogen and oxygen atoms in total. The first-order valence-corrected chi connectivity index (χ1v) is 6.00. The smallest absolute Gasteiger partial charge is 0.258 e. The molecule has 1 fully saturated rings. The summed E-state index contributed by atoms with van der Waals surface area (Å²) in [5.74, 6) is 1.23. The molecule has 1 aromatic heterocycles. The first kappa shape index (κ1) is 11.9. The van der Waals surface area contributed by atoms with E-state index in [0.717, 1.165) is 5.69 Å². The highest BCUT2D eigenvalue weighted by molar-refractivity contribution is 5.77. The van der Waals surface area contributed by atoms with Crippen molar-refractivity contribution in [3.63, 3.8) is 0 Å². The molecular formula is C13H18N2O2. The van der Waals surface area contributed by atoms with Crippen LogP contribution in [0.15, 0.2) is 18.3 Å². The topological polar surface area (TPSA) is 51.2 Å². The molecule has 2 rings (SSSR count). The minimum Gasteiger partial charge on any atom is -0.482 e. The summed E-state index contributed by atoms with van der Waals surface area (Å²) in [5.41, 5.74) is 0.934. The zero-order chi connectivity index (χ0) is 12.3. The van der Waals surface area contributed by atoms with Crippen molar-refractivity contribution in [3.05, 3.63) is 24.0 Å². The van der Waals surface area contributed by atoms with E-state index in [9.17, 15) is 4.79 Å². The summed E-state index contributed by atoms with van der Waals surface area (Å²) in [4.78, 5) is 15.7. The number of rotatable bonds is 5. The van der Waals surface area contributed by atoms with Gasteiger partial charge in [-0.3, -0.25) is 9.78 Å². The molecule has 1 heterocycles. The van der Waals surface area contributed by atoms with Crippen LogP contribution < -0.4 is 10.1 Å². The van der Waals surface area contributed by atoms with Crippen LogP contribution in [0.25, 0.3) is 0 Å². The fourth-order valence-electron chi connectivity index (χ4n) is 1.70. The first-order valence-electron chi connectivity index (χ1n) is 6.00. The lowest BCUT2D eigenvalue weighted by atomic mass is 10.2. The van der Waals surface area contributed by atoms with Crippen molar-refractivity contribution in [3.8, 4) is 5.75 Å². The first-order chi connectivity index (χ1) is 8.15. The Morgan fingerprint density at radius 2 is 2.35 bits per heavy atom. The lowest BCUT2D eigenvalue weighted by molar-refractivity contribution is -0.123. The number of aromatic nitrogens is 1. The Hall–Kier alpha value is -1.58. The summed E-state index contributed by atoms with van der Waals surface area (Å²) >= 11 is 0. The van der Waals surface area contributed by atoms with Crippen LogP contribution in [0, 0.1) is 12.8 Å². The minimum atomic E-state index is -0.0648. The molecule has 1 saturated carbocycles. The van der Waals surface area contributed by atoms with Gasteiger partial charge in [-0.1, -0.05) is 0 Å². The van der Waals surface area contributed by atoms with Crippen molar-refractivity contribution in [1.82, 2.24) is 10.3 Å². The number of carbonyl (C=O) groups excluding carboxylic acids is 1. The molecule has 1 atom stereocenters.